The molecule has 8 rings (SSSR count). The third-order valence-electron chi connectivity index (χ3n) is 10.1. The Kier molecular flexibility index (Phi) is 8.17. The van der Waals surface area contributed by atoms with E-state index in [0.717, 1.165) is 83.4 Å². The smallest absolute Gasteiger partial charge is 0.303 e. The molecule has 2 aromatic carbocycles. The van der Waals surface area contributed by atoms with E-state index in [0.29, 0.717) is 24.3 Å². The minimum Gasteiger partial charge on any atom is -0.490 e. The zero-order valence-electron chi connectivity index (χ0n) is 26.5. The van der Waals surface area contributed by atoms with Crippen molar-refractivity contribution in [2.45, 2.75) is 82.5 Å². The van der Waals surface area contributed by atoms with Gasteiger partial charge in [0.15, 0.2) is 0 Å². The fraction of sp³-hybridized carbons (Fsp3) is 0.410. The van der Waals surface area contributed by atoms with Crippen molar-refractivity contribution in [2.24, 2.45) is 11.8 Å². The first-order valence-electron chi connectivity index (χ1n) is 17.1. The van der Waals surface area contributed by atoms with Crippen LogP contribution in [0.15, 0.2) is 73.1 Å². The maximum atomic E-state index is 12.1. The number of ether oxygens (including phenoxy) is 4. The number of carbonyl (C=O) groups is 1. The molecule has 4 aromatic rings. The first-order valence-corrected chi connectivity index (χ1v) is 17.1. The normalized spacial score (nSPS) is 20.9. The summed E-state index contributed by atoms with van der Waals surface area (Å²) in [4.78, 5) is 21.1. The van der Waals surface area contributed by atoms with Gasteiger partial charge < -0.3 is 24.1 Å². The first kappa shape index (κ1) is 29.8. The summed E-state index contributed by atoms with van der Waals surface area (Å²) in [5.41, 5.74) is 6.29. The SMILES string of the molecule is O=C(O)CC(C1CCc2cc(-c3cccnc3OCC3CC3)ccc2O1)C1CCc2cc(-c3cccnc3OC3CCC3)ccc2O1. The molecule has 4 aliphatic rings. The van der Waals surface area contributed by atoms with Gasteiger partial charge in [-0.3, -0.25) is 4.79 Å². The van der Waals surface area contributed by atoms with Crippen molar-refractivity contribution in [1.82, 2.24) is 9.97 Å². The summed E-state index contributed by atoms with van der Waals surface area (Å²) in [6, 6.07) is 20.4. The summed E-state index contributed by atoms with van der Waals surface area (Å²) < 4.78 is 25.4. The number of aromatic nitrogens is 2. The number of aryl methyl sites for hydroxylation is 2. The highest BCUT2D eigenvalue weighted by Crippen LogP contribution is 2.41. The Balaban J connectivity index is 0.980. The van der Waals surface area contributed by atoms with Gasteiger partial charge in [0, 0.05) is 29.4 Å². The first-order chi connectivity index (χ1) is 23.1. The average molecular weight is 633 g/mol. The molecule has 3 unspecified atom stereocenters. The fourth-order valence-corrected chi connectivity index (χ4v) is 7.02. The molecule has 0 spiro atoms. The van der Waals surface area contributed by atoms with Crippen LogP contribution < -0.4 is 18.9 Å². The lowest BCUT2D eigenvalue weighted by molar-refractivity contribution is -0.140. The van der Waals surface area contributed by atoms with Gasteiger partial charge in [-0.25, -0.2) is 9.97 Å². The Morgan fingerprint density at radius 2 is 1.38 bits per heavy atom. The third kappa shape index (κ3) is 6.51. The van der Waals surface area contributed by atoms with Crippen molar-refractivity contribution in [3.63, 3.8) is 0 Å². The van der Waals surface area contributed by atoms with E-state index in [1.807, 2.05) is 42.5 Å². The quantitative estimate of drug-likeness (QED) is 0.180. The van der Waals surface area contributed by atoms with Gasteiger partial charge >= 0.3 is 5.97 Å². The second kappa shape index (κ2) is 12.9. The number of pyridine rings is 2. The van der Waals surface area contributed by atoms with Crippen molar-refractivity contribution in [2.75, 3.05) is 6.61 Å². The predicted molar refractivity (Wildman–Crippen MR) is 177 cm³/mol. The van der Waals surface area contributed by atoms with Gasteiger partial charge in [0.25, 0.3) is 0 Å². The fourth-order valence-electron chi connectivity index (χ4n) is 7.02. The van der Waals surface area contributed by atoms with Crippen molar-refractivity contribution in [3.8, 4) is 45.5 Å². The molecule has 8 heteroatoms. The molecule has 3 atom stereocenters. The predicted octanol–water partition coefficient (Wildman–Crippen LogP) is 7.71. The van der Waals surface area contributed by atoms with Gasteiger partial charge in [-0.05, 0) is 134 Å². The number of carboxylic acid groups (broad SMARTS) is 1. The molecule has 1 N–H and O–H groups in total. The number of aliphatic carboxylic acids is 1. The van der Waals surface area contributed by atoms with Crippen molar-refractivity contribution < 1.29 is 28.8 Å². The molecule has 0 radical (unpaired) electrons. The van der Waals surface area contributed by atoms with E-state index in [1.165, 1.54) is 19.3 Å². The number of nitrogens with zero attached hydrogens (tertiary/aromatic N) is 2. The molecular formula is C39H40N2O6. The standard InChI is InChI=1S/C39H40N2O6/c42-37(43)22-32(35-16-12-27-20-25(10-14-33(27)46-35)30-6-2-18-40-38(30)44-23-24-8-9-24)36-17-13-28-21-26(11-15-34(28)47-36)31-7-3-19-41-39(31)45-29-4-1-5-29/h2-3,6-7,10-11,14-15,18-21,24,29,32,35-36H,1,4-5,8-9,12-13,16-17,22-23H2,(H,42,43). The molecule has 2 aliphatic carbocycles. The maximum Gasteiger partial charge on any atom is 0.303 e. The molecule has 47 heavy (non-hydrogen) atoms. The maximum absolute atomic E-state index is 12.1. The highest BCUT2D eigenvalue weighted by Gasteiger charge is 2.38. The van der Waals surface area contributed by atoms with E-state index in [2.05, 4.69) is 28.2 Å². The number of hydrogen-bond donors (Lipinski definition) is 1. The second-order valence-corrected chi connectivity index (χ2v) is 13.4. The van der Waals surface area contributed by atoms with Gasteiger partial charge in [0.2, 0.25) is 11.8 Å². The summed E-state index contributed by atoms with van der Waals surface area (Å²) >= 11 is 0. The second-order valence-electron chi connectivity index (χ2n) is 13.4. The monoisotopic (exact) mass is 632 g/mol. The largest absolute Gasteiger partial charge is 0.490 e. The number of rotatable bonds is 11. The van der Waals surface area contributed by atoms with Crippen LogP contribution >= 0.6 is 0 Å². The number of hydrogen-bond acceptors (Lipinski definition) is 7. The number of fused-ring (bicyclic) bond motifs is 2. The lowest BCUT2D eigenvalue weighted by atomic mass is 9.83. The van der Waals surface area contributed by atoms with Crippen LogP contribution in [0, 0.1) is 11.8 Å². The zero-order valence-corrected chi connectivity index (χ0v) is 26.5. The third-order valence-corrected chi connectivity index (χ3v) is 10.1. The molecule has 8 nitrogen and oxygen atoms in total. The van der Waals surface area contributed by atoms with Crippen LogP contribution in [-0.4, -0.2) is 46.0 Å². The highest BCUT2D eigenvalue weighted by atomic mass is 16.5. The molecule has 242 valence electrons. The Morgan fingerprint density at radius 1 is 0.787 bits per heavy atom. The molecule has 2 aromatic heterocycles. The minimum atomic E-state index is -0.838. The molecule has 2 saturated carbocycles. The molecule has 0 amide bonds. The molecule has 4 heterocycles. The lowest BCUT2D eigenvalue weighted by Crippen LogP contribution is -2.43. The van der Waals surface area contributed by atoms with E-state index >= 15 is 0 Å². The van der Waals surface area contributed by atoms with E-state index in [1.54, 1.807) is 12.4 Å². The van der Waals surface area contributed by atoms with E-state index in [4.69, 9.17) is 18.9 Å². The zero-order chi connectivity index (χ0) is 31.7. The summed E-state index contributed by atoms with van der Waals surface area (Å²) in [5, 5.41) is 9.93. The van der Waals surface area contributed by atoms with Crippen molar-refractivity contribution in [3.05, 3.63) is 84.2 Å². The summed E-state index contributed by atoms with van der Waals surface area (Å²) in [6.07, 6.45) is 12.1. The van der Waals surface area contributed by atoms with E-state index in [9.17, 15) is 9.90 Å². The molecule has 0 bridgehead atoms. The van der Waals surface area contributed by atoms with Gasteiger partial charge in [0.05, 0.1) is 13.0 Å². The Labute approximate surface area is 275 Å². The Morgan fingerprint density at radius 3 is 1.94 bits per heavy atom. The number of carboxylic acids is 1. The molecule has 2 aliphatic heterocycles. The highest BCUT2D eigenvalue weighted by molar-refractivity contribution is 5.71. The van der Waals surface area contributed by atoms with Crippen LogP contribution in [-0.2, 0) is 17.6 Å². The number of benzene rings is 2. The van der Waals surface area contributed by atoms with Gasteiger partial charge in [-0.2, -0.15) is 0 Å². The average Bonchev–Trinajstić information content (AvgIpc) is 3.92. The Bertz CT molecular complexity index is 1770. The van der Waals surface area contributed by atoms with Crippen LogP contribution in [0.3, 0.4) is 0 Å². The van der Waals surface area contributed by atoms with Crippen molar-refractivity contribution in [1.29, 1.82) is 0 Å². The van der Waals surface area contributed by atoms with Gasteiger partial charge in [-0.1, -0.05) is 12.1 Å². The molecule has 2 fully saturated rings. The van der Waals surface area contributed by atoms with Crippen LogP contribution in [0.5, 0.6) is 23.3 Å². The van der Waals surface area contributed by atoms with E-state index in [-0.39, 0.29) is 30.7 Å². The summed E-state index contributed by atoms with van der Waals surface area (Å²) in [6.45, 7) is 0.709. The van der Waals surface area contributed by atoms with Crippen LogP contribution in [0.1, 0.15) is 62.5 Å². The minimum absolute atomic E-state index is 0.00883. The van der Waals surface area contributed by atoms with Gasteiger partial charge in [0.1, 0.15) is 29.8 Å². The van der Waals surface area contributed by atoms with E-state index < -0.39 is 5.97 Å². The lowest BCUT2D eigenvalue weighted by Gasteiger charge is -2.38. The summed E-state index contributed by atoms with van der Waals surface area (Å²) in [5.74, 6) is 2.49. The molecular weight excluding hydrogens is 592 g/mol. The van der Waals surface area contributed by atoms with Gasteiger partial charge in [-0.15, -0.1) is 0 Å². The Hall–Kier alpha value is -4.59. The van der Waals surface area contributed by atoms with Crippen LogP contribution in [0.4, 0.5) is 0 Å². The van der Waals surface area contributed by atoms with Crippen LogP contribution in [0.25, 0.3) is 22.3 Å². The topological polar surface area (TPSA) is 100 Å². The van der Waals surface area contributed by atoms with Crippen molar-refractivity contribution >= 4 is 5.97 Å². The summed E-state index contributed by atoms with van der Waals surface area (Å²) in [7, 11) is 0. The van der Waals surface area contributed by atoms with Crippen LogP contribution in [0.2, 0.25) is 0 Å². The molecule has 0 saturated heterocycles.